The lowest BCUT2D eigenvalue weighted by Crippen LogP contribution is -2.51. The average Bonchev–Trinajstić information content (AvgIpc) is 3.39. The van der Waals surface area contributed by atoms with Gasteiger partial charge in [0.05, 0.1) is 23.7 Å². The van der Waals surface area contributed by atoms with E-state index in [4.69, 9.17) is 9.47 Å². The number of hydrogen-bond acceptors (Lipinski definition) is 6. The molecule has 4 heterocycles. The molecule has 198 valence electrons. The topological polar surface area (TPSA) is 84.0 Å². The molecule has 5 atom stereocenters. The quantitative estimate of drug-likeness (QED) is 0.669. The molecule has 1 aromatic rings. The van der Waals surface area contributed by atoms with Crippen LogP contribution in [0.5, 0.6) is 0 Å². The molecule has 2 amide bonds. The zero-order valence-corrected chi connectivity index (χ0v) is 20.6. The van der Waals surface area contributed by atoms with E-state index in [1.807, 2.05) is 0 Å². The largest absolute Gasteiger partial charge is 0.417 e. The number of aromatic nitrogens is 1. The van der Waals surface area contributed by atoms with Gasteiger partial charge in [0.15, 0.2) is 0 Å². The van der Waals surface area contributed by atoms with E-state index in [0.717, 1.165) is 18.7 Å². The molecule has 1 aromatic heterocycles. The van der Waals surface area contributed by atoms with Gasteiger partial charge < -0.3 is 24.6 Å². The third-order valence-corrected chi connectivity index (χ3v) is 8.47. The Balaban J connectivity index is 1.37. The summed E-state index contributed by atoms with van der Waals surface area (Å²) in [6, 6.07) is 1.00. The molecule has 3 aliphatic heterocycles. The number of pyridine rings is 1. The molecule has 0 aromatic carbocycles. The highest BCUT2D eigenvalue weighted by Crippen LogP contribution is 2.51. The molecule has 4 aliphatic rings. The van der Waals surface area contributed by atoms with E-state index in [1.54, 1.807) is 16.9 Å². The molecule has 1 saturated carbocycles. The number of amides is 2. The number of rotatable bonds is 4. The highest BCUT2D eigenvalue weighted by Gasteiger charge is 2.60. The Bertz CT molecular complexity index is 1020. The maximum atomic E-state index is 14.1. The molecule has 2 saturated heterocycles. The first kappa shape index (κ1) is 25.4. The van der Waals surface area contributed by atoms with Gasteiger partial charge in [-0.3, -0.25) is 14.6 Å². The summed E-state index contributed by atoms with van der Waals surface area (Å²) >= 11 is 0. The van der Waals surface area contributed by atoms with E-state index >= 15 is 0 Å². The number of alkyl halides is 3. The van der Waals surface area contributed by atoms with Gasteiger partial charge in [0.1, 0.15) is 0 Å². The number of halogens is 3. The smallest absolute Gasteiger partial charge is 0.379 e. The monoisotopic (exact) mass is 510 g/mol. The maximum Gasteiger partial charge on any atom is 0.417 e. The van der Waals surface area contributed by atoms with Crippen molar-refractivity contribution in [2.24, 2.45) is 5.41 Å². The van der Waals surface area contributed by atoms with Crippen LogP contribution in [0.4, 0.5) is 13.2 Å². The number of likely N-dealkylation sites (tertiary alicyclic amines) is 1. The van der Waals surface area contributed by atoms with Gasteiger partial charge in [-0.05, 0) is 37.3 Å². The maximum absolute atomic E-state index is 14.1. The Morgan fingerprint density at radius 1 is 1.31 bits per heavy atom. The lowest BCUT2D eigenvalue weighted by molar-refractivity contribution is -0.144. The number of carbonyl (C=O) groups excluding carboxylic acids is 2. The van der Waals surface area contributed by atoms with E-state index < -0.39 is 17.2 Å². The lowest BCUT2D eigenvalue weighted by atomic mass is 9.80. The molecular weight excluding hydrogens is 477 g/mol. The van der Waals surface area contributed by atoms with Gasteiger partial charge in [-0.1, -0.05) is 0 Å². The molecule has 8 nitrogen and oxygen atoms in total. The predicted octanol–water partition coefficient (Wildman–Crippen LogP) is 2.15. The fraction of sp³-hybridized carbons (Fsp3) is 0.720. The van der Waals surface area contributed by atoms with E-state index in [2.05, 4.69) is 10.3 Å². The summed E-state index contributed by atoms with van der Waals surface area (Å²) in [6.45, 7) is 3.70. The number of hydrogen-bond donors (Lipinski definition) is 1. The molecule has 5 rings (SSSR count). The lowest BCUT2D eigenvalue weighted by Gasteiger charge is -2.38. The van der Waals surface area contributed by atoms with Gasteiger partial charge >= 0.3 is 6.18 Å². The van der Waals surface area contributed by atoms with Crippen LogP contribution in [0.15, 0.2) is 12.3 Å². The number of nitrogens with one attached hydrogen (secondary N) is 1. The van der Waals surface area contributed by atoms with Crippen LogP contribution in [0.1, 0.15) is 49.4 Å². The van der Waals surface area contributed by atoms with E-state index in [1.165, 1.54) is 6.92 Å². The van der Waals surface area contributed by atoms with Crippen LogP contribution in [0.2, 0.25) is 0 Å². The van der Waals surface area contributed by atoms with Crippen LogP contribution in [0.3, 0.4) is 0 Å². The van der Waals surface area contributed by atoms with Crippen LogP contribution in [-0.2, 0) is 38.2 Å². The number of nitrogens with zero attached hydrogens (tertiary/aromatic N) is 3. The minimum atomic E-state index is -4.49. The van der Waals surface area contributed by atoms with E-state index in [-0.39, 0.29) is 42.6 Å². The summed E-state index contributed by atoms with van der Waals surface area (Å²) in [5, 5.41) is 3.68. The second kappa shape index (κ2) is 9.57. The normalized spacial score (nSPS) is 32.4. The molecule has 0 spiro atoms. The molecule has 0 radical (unpaired) electrons. The standard InChI is InChI=1S/C25H33F3N4O4/c1-15(33)32-7-5-24(11-18(10-22(24)32)30-20-4-8-36-14-21(20)35-2)23(34)31-6-3-19-16(13-31)9-17(12-29-19)25(26,27)28/h9,12,18,20-22,30H,3-8,10-11,13-14H2,1-2H3/t18-,20?,21?,22-,24-/m1/s1. The van der Waals surface area contributed by atoms with Crippen molar-refractivity contribution < 1.29 is 32.2 Å². The van der Waals surface area contributed by atoms with Crippen molar-refractivity contribution in [1.29, 1.82) is 0 Å². The van der Waals surface area contributed by atoms with Gasteiger partial charge in [-0.25, -0.2) is 0 Å². The second-order valence-corrected chi connectivity index (χ2v) is 10.5. The van der Waals surface area contributed by atoms with E-state index in [0.29, 0.717) is 63.2 Å². The van der Waals surface area contributed by atoms with Crippen LogP contribution in [-0.4, -0.2) is 84.2 Å². The van der Waals surface area contributed by atoms with Crippen molar-refractivity contribution >= 4 is 11.8 Å². The predicted molar refractivity (Wildman–Crippen MR) is 123 cm³/mol. The summed E-state index contributed by atoms with van der Waals surface area (Å²) in [6.07, 6.45) is -0.696. The summed E-state index contributed by atoms with van der Waals surface area (Å²) < 4.78 is 50.9. The number of carbonyl (C=O) groups is 2. The van der Waals surface area contributed by atoms with Crippen molar-refractivity contribution in [3.05, 3.63) is 29.1 Å². The fourth-order valence-electron chi connectivity index (χ4n) is 6.67. The van der Waals surface area contributed by atoms with Gasteiger partial charge in [0, 0.05) is 76.7 Å². The summed E-state index contributed by atoms with van der Waals surface area (Å²) in [7, 11) is 1.66. The van der Waals surface area contributed by atoms with Crippen LogP contribution in [0.25, 0.3) is 0 Å². The van der Waals surface area contributed by atoms with Crippen molar-refractivity contribution in [3.8, 4) is 0 Å². The summed E-state index contributed by atoms with van der Waals surface area (Å²) in [5.74, 6) is -0.127. The van der Waals surface area contributed by atoms with Crippen molar-refractivity contribution in [2.75, 3.05) is 33.4 Å². The molecule has 2 unspecified atom stereocenters. The zero-order chi connectivity index (χ0) is 25.7. The molecule has 3 fully saturated rings. The van der Waals surface area contributed by atoms with Crippen LogP contribution >= 0.6 is 0 Å². The third-order valence-electron chi connectivity index (χ3n) is 8.47. The average molecular weight is 511 g/mol. The Morgan fingerprint density at radius 3 is 2.83 bits per heavy atom. The molecule has 1 aliphatic carbocycles. The Morgan fingerprint density at radius 2 is 2.11 bits per heavy atom. The summed E-state index contributed by atoms with van der Waals surface area (Å²) in [4.78, 5) is 34.1. The molecular formula is C25H33F3N4O4. The Kier molecular flexibility index (Phi) is 6.76. The molecule has 36 heavy (non-hydrogen) atoms. The molecule has 0 bridgehead atoms. The SMILES string of the molecule is COC1COCCC1N[C@@H]1C[C@H]2N(C(C)=O)CC[C@@]2(C(=O)N2CCc3ncc(C(F)(F)F)cc3C2)C1. The van der Waals surface area contributed by atoms with Crippen LogP contribution < -0.4 is 5.32 Å². The minimum Gasteiger partial charge on any atom is -0.379 e. The zero-order valence-electron chi connectivity index (χ0n) is 20.6. The number of methoxy groups -OCH3 is 1. The first-order valence-corrected chi connectivity index (χ1v) is 12.6. The van der Waals surface area contributed by atoms with Gasteiger partial charge in [-0.15, -0.1) is 0 Å². The highest BCUT2D eigenvalue weighted by molar-refractivity contribution is 5.87. The van der Waals surface area contributed by atoms with Gasteiger partial charge in [-0.2, -0.15) is 13.2 Å². The fourth-order valence-corrected chi connectivity index (χ4v) is 6.67. The number of ether oxygens (including phenoxy) is 2. The van der Waals surface area contributed by atoms with Crippen molar-refractivity contribution in [3.63, 3.8) is 0 Å². The van der Waals surface area contributed by atoms with Gasteiger partial charge in [0.2, 0.25) is 11.8 Å². The van der Waals surface area contributed by atoms with E-state index in [9.17, 15) is 22.8 Å². The number of fused-ring (bicyclic) bond motifs is 2. The van der Waals surface area contributed by atoms with Crippen LogP contribution in [0, 0.1) is 5.41 Å². The Labute approximate surface area is 208 Å². The summed E-state index contributed by atoms with van der Waals surface area (Å²) in [5.41, 5.74) is -0.501. The Hall–Kier alpha value is -2.24. The minimum absolute atomic E-state index is 0.0254. The van der Waals surface area contributed by atoms with Crippen molar-refractivity contribution in [2.45, 2.75) is 76.0 Å². The molecule has 1 N–H and O–H groups in total. The highest BCUT2D eigenvalue weighted by atomic mass is 19.4. The van der Waals surface area contributed by atoms with Crippen molar-refractivity contribution in [1.82, 2.24) is 20.1 Å². The first-order valence-electron chi connectivity index (χ1n) is 12.6. The second-order valence-electron chi connectivity index (χ2n) is 10.5. The van der Waals surface area contributed by atoms with Gasteiger partial charge in [0.25, 0.3) is 0 Å². The first-order chi connectivity index (χ1) is 17.1. The molecule has 11 heteroatoms. The third kappa shape index (κ3) is 4.50.